The summed E-state index contributed by atoms with van der Waals surface area (Å²) in [4.78, 5) is 1.41. The van der Waals surface area contributed by atoms with E-state index in [0.29, 0.717) is 0 Å². The van der Waals surface area contributed by atoms with Crippen molar-refractivity contribution in [2.75, 3.05) is 5.88 Å². The first-order valence-corrected chi connectivity index (χ1v) is 13.2. The molecule has 0 atom stereocenters. The third kappa shape index (κ3) is 3.15. The van der Waals surface area contributed by atoms with Crippen LogP contribution in [0.25, 0.3) is 0 Å². The Kier molecular flexibility index (Phi) is 5.15. The molecule has 3 heteroatoms. The summed E-state index contributed by atoms with van der Waals surface area (Å²) in [7, 11) is -2.45. The molecule has 0 spiro atoms. The topological polar surface area (TPSA) is 3.01 Å². The van der Waals surface area contributed by atoms with E-state index in [4.69, 9.17) is 0 Å². The molecule has 146 valence electrons. The number of hydrogen-bond donors (Lipinski definition) is 0. The van der Waals surface area contributed by atoms with E-state index in [9.17, 15) is 0 Å². The molecule has 1 aliphatic heterocycles. The van der Waals surface area contributed by atoms with Crippen LogP contribution in [0.2, 0.25) is 0 Å². The van der Waals surface area contributed by atoms with Gasteiger partial charge in [0.15, 0.2) is 12.1 Å². The van der Waals surface area contributed by atoms with Crippen LogP contribution in [0.15, 0.2) is 114 Å². The SMILES string of the molecule is Cc1cccc2c1SC[N+]([Si](c1ccccc1)(c1ccccc1)c1ccccc1)=C2. The van der Waals surface area contributed by atoms with Gasteiger partial charge in [0.2, 0.25) is 0 Å². The van der Waals surface area contributed by atoms with Crippen LogP contribution in [0, 0.1) is 6.92 Å². The maximum absolute atomic E-state index is 2.65. The van der Waals surface area contributed by atoms with Crippen molar-refractivity contribution in [3.63, 3.8) is 0 Å². The van der Waals surface area contributed by atoms with Crippen LogP contribution in [-0.2, 0) is 0 Å². The molecule has 0 saturated heterocycles. The van der Waals surface area contributed by atoms with E-state index < -0.39 is 8.24 Å². The standard InChI is InChI=1S/C27H24NSSi/c1-22-12-11-13-23-20-28(21-29-27(22)23)30(24-14-5-2-6-15-24,25-16-7-3-8-17-25)26-18-9-4-10-19-26/h2-20H,21H2,1H3/q+1. The van der Waals surface area contributed by atoms with Crippen LogP contribution >= 0.6 is 11.8 Å². The minimum atomic E-state index is -2.45. The third-order valence-electron chi connectivity index (χ3n) is 5.89. The molecule has 0 radical (unpaired) electrons. The minimum Gasteiger partial charge on any atom is -0.289 e. The van der Waals surface area contributed by atoms with Gasteiger partial charge < -0.3 is 0 Å². The zero-order valence-corrected chi connectivity index (χ0v) is 18.8. The quantitative estimate of drug-likeness (QED) is 0.353. The van der Waals surface area contributed by atoms with E-state index in [1.165, 1.54) is 31.6 Å². The molecule has 1 aliphatic rings. The van der Waals surface area contributed by atoms with E-state index in [0.717, 1.165) is 5.88 Å². The Morgan fingerprint density at radius 2 is 1.13 bits per heavy atom. The molecule has 0 aliphatic carbocycles. The first kappa shape index (κ1) is 19.1. The highest BCUT2D eigenvalue weighted by molar-refractivity contribution is 7.99. The number of rotatable bonds is 4. The average Bonchev–Trinajstić information content (AvgIpc) is 2.82. The maximum Gasteiger partial charge on any atom is 0.457 e. The van der Waals surface area contributed by atoms with Crippen molar-refractivity contribution in [1.82, 2.24) is 0 Å². The third-order valence-corrected chi connectivity index (χ3v) is 12.0. The van der Waals surface area contributed by atoms with Gasteiger partial charge >= 0.3 is 8.24 Å². The zero-order chi connectivity index (χ0) is 20.4. The number of fused-ring (bicyclic) bond motifs is 1. The van der Waals surface area contributed by atoms with Crippen LogP contribution in [0.1, 0.15) is 11.1 Å². The van der Waals surface area contributed by atoms with E-state index in [1.54, 1.807) is 0 Å². The molecule has 0 amide bonds. The second-order valence-electron chi connectivity index (χ2n) is 7.67. The van der Waals surface area contributed by atoms with Gasteiger partial charge in [-0.3, -0.25) is 4.24 Å². The Hall–Kier alpha value is -2.88. The average molecular weight is 423 g/mol. The largest absolute Gasteiger partial charge is 0.457 e. The number of nitrogens with zero attached hydrogens (tertiary/aromatic N) is 1. The molecule has 5 rings (SSSR count). The molecule has 0 N–H and O–H groups in total. The monoisotopic (exact) mass is 422 g/mol. The maximum atomic E-state index is 2.65. The van der Waals surface area contributed by atoms with Gasteiger partial charge in [-0.1, -0.05) is 115 Å². The molecular formula is C27H24NSSi+. The van der Waals surface area contributed by atoms with Gasteiger partial charge in [-0.25, -0.2) is 0 Å². The predicted octanol–water partition coefficient (Wildman–Crippen LogP) is 4.16. The number of hydrogen-bond acceptors (Lipinski definition) is 1. The summed E-state index contributed by atoms with van der Waals surface area (Å²) >= 11 is 1.96. The van der Waals surface area contributed by atoms with Crippen molar-refractivity contribution in [1.29, 1.82) is 0 Å². The number of aryl methyl sites for hydroxylation is 1. The van der Waals surface area contributed by atoms with E-state index >= 15 is 0 Å². The number of thioether (sulfide) groups is 1. The summed E-state index contributed by atoms with van der Waals surface area (Å²) in [6, 6.07) is 40.0. The van der Waals surface area contributed by atoms with Crippen LogP contribution < -0.4 is 15.6 Å². The lowest BCUT2D eigenvalue weighted by Gasteiger charge is -2.31. The summed E-state index contributed by atoms with van der Waals surface area (Å²) in [6.07, 6.45) is 2.41. The molecule has 4 aromatic rings. The zero-order valence-electron chi connectivity index (χ0n) is 17.0. The van der Waals surface area contributed by atoms with Crippen LogP contribution in [0.3, 0.4) is 0 Å². The highest BCUT2D eigenvalue weighted by atomic mass is 32.2. The Morgan fingerprint density at radius 1 is 0.633 bits per heavy atom. The normalized spacial score (nSPS) is 13.4. The summed E-state index contributed by atoms with van der Waals surface area (Å²) in [5.41, 5.74) is 2.69. The van der Waals surface area contributed by atoms with Gasteiger partial charge in [-0.15, -0.1) is 0 Å². The molecule has 0 aromatic heterocycles. The fourth-order valence-corrected chi connectivity index (χ4v) is 10.8. The van der Waals surface area contributed by atoms with Crippen LogP contribution in [0.5, 0.6) is 0 Å². The highest BCUT2D eigenvalue weighted by Crippen LogP contribution is 2.30. The fraction of sp³-hybridized carbons (Fsp3) is 0.0741. The van der Waals surface area contributed by atoms with E-state index in [-0.39, 0.29) is 0 Å². The second-order valence-corrected chi connectivity index (χ2v) is 12.4. The number of benzene rings is 4. The molecule has 1 heterocycles. The van der Waals surface area contributed by atoms with Gasteiger partial charge in [0.25, 0.3) is 0 Å². The van der Waals surface area contributed by atoms with Crippen LogP contribution in [-0.4, -0.2) is 24.6 Å². The van der Waals surface area contributed by atoms with Crippen molar-refractivity contribution < 1.29 is 4.24 Å². The highest BCUT2D eigenvalue weighted by Gasteiger charge is 2.54. The predicted molar refractivity (Wildman–Crippen MR) is 131 cm³/mol. The van der Waals surface area contributed by atoms with Crippen molar-refractivity contribution in [3.05, 3.63) is 120 Å². The first-order chi connectivity index (χ1) is 14.8. The minimum absolute atomic E-state index is 0.947. The first-order valence-electron chi connectivity index (χ1n) is 10.3. The molecule has 0 saturated carbocycles. The second kappa shape index (κ2) is 8.09. The Bertz CT molecular complexity index is 1090. The Morgan fingerprint density at radius 3 is 1.63 bits per heavy atom. The summed E-state index contributed by atoms with van der Waals surface area (Å²) in [6.45, 7) is 2.21. The fourth-order valence-electron chi connectivity index (χ4n) is 4.54. The smallest absolute Gasteiger partial charge is 0.289 e. The van der Waals surface area contributed by atoms with Gasteiger partial charge in [0.1, 0.15) is 0 Å². The molecule has 0 bridgehead atoms. The summed E-state index contributed by atoms with van der Waals surface area (Å²) < 4.78 is 2.65. The molecule has 30 heavy (non-hydrogen) atoms. The van der Waals surface area contributed by atoms with Crippen molar-refractivity contribution in [3.8, 4) is 0 Å². The molecular weight excluding hydrogens is 398 g/mol. The van der Waals surface area contributed by atoms with Crippen molar-refractivity contribution in [2.24, 2.45) is 0 Å². The molecule has 4 aromatic carbocycles. The summed E-state index contributed by atoms with van der Waals surface area (Å²) in [5.74, 6) is 0.947. The van der Waals surface area contributed by atoms with E-state index in [1.807, 2.05) is 11.8 Å². The lowest BCUT2D eigenvalue weighted by Crippen LogP contribution is -2.74. The molecule has 0 fully saturated rings. The van der Waals surface area contributed by atoms with Crippen molar-refractivity contribution in [2.45, 2.75) is 11.8 Å². The van der Waals surface area contributed by atoms with Gasteiger partial charge in [-0.05, 0) is 18.6 Å². The lowest BCUT2D eigenvalue weighted by atomic mass is 10.1. The summed E-state index contributed by atoms with van der Waals surface area (Å²) in [5, 5.41) is 4.24. The van der Waals surface area contributed by atoms with Crippen molar-refractivity contribution >= 4 is 41.8 Å². The van der Waals surface area contributed by atoms with Gasteiger partial charge in [-0.2, -0.15) is 0 Å². The van der Waals surface area contributed by atoms with Gasteiger partial charge in [0.05, 0.1) is 0 Å². The Balaban J connectivity index is 1.86. The molecule has 0 unspecified atom stereocenters. The molecule has 1 nitrogen and oxygen atoms in total. The van der Waals surface area contributed by atoms with Crippen LogP contribution in [0.4, 0.5) is 0 Å². The van der Waals surface area contributed by atoms with E-state index in [2.05, 4.69) is 127 Å². The lowest BCUT2D eigenvalue weighted by molar-refractivity contribution is -0.360. The Labute approximate surface area is 183 Å². The van der Waals surface area contributed by atoms with Gasteiger partial charge in [0, 0.05) is 26.0 Å².